The van der Waals surface area contributed by atoms with Crippen LogP contribution in [0.2, 0.25) is 0 Å². The van der Waals surface area contributed by atoms with Gasteiger partial charge in [-0.3, -0.25) is 9.59 Å². The summed E-state index contributed by atoms with van der Waals surface area (Å²) in [5.74, 6) is 0.789. The summed E-state index contributed by atoms with van der Waals surface area (Å²) in [6.45, 7) is 2.16. The van der Waals surface area contributed by atoms with Crippen molar-refractivity contribution in [1.82, 2.24) is 0 Å². The molecule has 0 unspecified atom stereocenters. The molecule has 3 rings (SSSR count). The van der Waals surface area contributed by atoms with Crippen LogP contribution >= 0.6 is 0 Å². The molecule has 0 spiro atoms. The van der Waals surface area contributed by atoms with Crippen LogP contribution < -0.4 is 0 Å². The van der Waals surface area contributed by atoms with Crippen LogP contribution in [0.25, 0.3) is 0 Å². The lowest BCUT2D eigenvalue weighted by Crippen LogP contribution is -2.34. The van der Waals surface area contributed by atoms with Gasteiger partial charge in [0, 0.05) is 23.5 Å². The van der Waals surface area contributed by atoms with E-state index in [2.05, 4.69) is 6.92 Å². The third-order valence-electron chi connectivity index (χ3n) is 5.26. The molecule has 0 aromatic heterocycles. The molecule has 1 aliphatic carbocycles. The molecule has 2 nitrogen and oxygen atoms in total. The SMILES string of the molecule is C[C@H]1CCC[C@@H](CC(=O)c2ccccc2)[C@@H]1C(=O)c1ccccc1. The molecule has 0 heterocycles. The standard InChI is InChI=1S/C22H24O2/c1-16-9-8-14-19(15-20(23)17-10-4-2-5-11-17)21(16)22(24)18-12-6-3-7-13-18/h2-7,10-13,16,19,21H,8-9,14-15H2,1H3/t16-,19-,21+/m0/s1. The van der Waals surface area contributed by atoms with E-state index in [1.807, 2.05) is 60.7 Å². The second kappa shape index (κ2) is 7.57. The molecule has 0 aliphatic heterocycles. The van der Waals surface area contributed by atoms with Crippen molar-refractivity contribution in [1.29, 1.82) is 0 Å². The predicted molar refractivity (Wildman–Crippen MR) is 96.2 cm³/mol. The number of hydrogen-bond acceptors (Lipinski definition) is 2. The van der Waals surface area contributed by atoms with Crippen molar-refractivity contribution in [3.8, 4) is 0 Å². The molecule has 0 bridgehead atoms. The number of ketones is 2. The quantitative estimate of drug-likeness (QED) is 0.710. The van der Waals surface area contributed by atoms with Gasteiger partial charge in [0.2, 0.25) is 0 Å². The molecule has 24 heavy (non-hydrogen) atoms. The number of carbonyl (C=O) groups excluding carboxylic acids is 2. The molecular formula is C22H24O2. The van der Waals surface area contributed by atoms with E-state index in [1.165, 1.54) is 0 Å². The molecule has 2 aromatic rings. The molecule has 0 radical (unpaired) electrons. The van der Waals surface area contributed by atoms with Gasteiger partial charge in [-0.1, -0.05) is 74.0 Å². The maximum atomic E-state index is 13.0. The van der Waals surface area contributed by atoms with Crippen LogP contribution in [-0.2, 0) is 0 Å². The number of rotatable bonds is 5. The summed E-state index contributed by atoms with van der Waals surface area (Å²) in [6, 6.07) is 19.0. The van der Waals surface area contributed by atoms with Gasteiger partial charge in [-0.2, -0.15) is 0 Å². The Bertz CT molecular complexity index is 690. The molecule has 2 aromatic carbocycles. The average Bonchev–Trinajstić information content (AvgIpc) is 2.63. The lowest BCUT2D eigenvalue weighted by atomic mass is 9.68. The molecule has 2 heteroatoms. The minimum atomic E-state index is -0.0474. The summed E-state index contributed by atoms with van der Waals surface area (Å²) in [5.41, 5.74) is 1.52. The molecular weight excluding hydrogens is 296 g/mol. The van der Waals surface area contributed by atoms with E-state index in [1.54, 1.807) is 0 Å². The highest BCUT2D eigenvalue weighted by molar-refractivity contribution is 6.00. The van der Waals surface area contributed by atoms with Crippen LogP contribution in [0.15, 0.2) is 60.7 Å². The van der Waals surface area contributed by atoms with Crippen LogP contribution in [-0.4, -0.2) is 11.6 Å². The van der Waals surface area contributed by atoms with E-state index in [0.29, 0.717) is 12.3 Å². The number of Topliss-reactive ketones (excluding diaryl/α,β-unsaturated/α-hetero) is 2. The fraction of sp³-hybridized carbons (Fsp3) is 0.364. The zero-order chi connectivity index (χ0) is 16.9. The fourth-order valence-corrected chi connectivity index (χ4v) is 4.00. The lowest BCUT2D eigenvalue weighted by Gasteiger charge is -2.35. The largest absolute Gasteiger partial charge is 0.294 e. The lowest BCUT2D eigenvalue weighted by molar-refractivity contribution is 0.0697. The van der Waals surface area contributed by atoms with Crippen LogP contribution in [0.1, 0.15) is 53.3 Å². The average molecular weight is 320 g/mol. The first-order chi connectivity index (χ1) is 11.7. The zero-order valence-electron chi connectivity index (χ0n) is 14.2. The first kappa shape index (κ1) is 16.6. The smallest absolute Gasteiger partial charge is 0.166 e. The molecule has 0 saturated heterocycles. The van der Waals surface area contributed by atoms with E-state index < -0.39 is 0 Å². The third-order valence-corrected chi connectivity index (χ3v) is 5.26. The van der Waals surface area contributed by atoms with E-state index in [-0.39, 0.29) is 23.4 Å². The summed E-state index contributed by atoms with van der Waals surface area (Å²) >= 11 is 0. The van der Waals surface area contributed by atoms with Crippen LogP contribution in [0.3, 0.4) is 0 Å². The molecule has 0 amide bonds. The first-order valence-corrected chi connectivity index (χ1v) is 8.84. The first-order valence-electron chi connectivity index (χ1n) is 8.84. The Morgan fingerprint density at radius 3 is 2.08 bits per heavy atom. The molecule has 1 saturated carbocycles. The van der Waals surface area contributed by atoms with E-state index >= 15 is 0 Å². The van der Waals surface area contributed by atoms with Crippen molar-refractivity contribution in [2.45, 2.75) is 32.6 Å². The van der Waals surface area contributed by atoms with Crippen LogP contribution in [0, 0.1) is 17.8 Å². The Morgan fingerprint density at radius 2 is 1.46 bits per heavy atom. The van der Waals surface area contributed by atoms with Crippen LogP contribution in [0.4, 0.5) is 0 Å². The van der Waals surface area contributed by atoms with Gasteiger partial charge < -0.3 is 0 Å². The second-order valence-electron chi connectivity index (χ2n) is 6.92. The number of carbonyl (C=O) groups is 2. The highest BCUT2D eigenvalue weighted by atomic mass is 16.1. The Labute approximate surface area is 143 Å². The summed E-state index contributed by atoms with van der Waals surface area (Å²) in [4.78, 5) is 25.6. The van der Waals surface area contributed by atoms with Gasteiger partial charge in [0.1, 0.15) is 0 Å². The fourth-order valence-electron chi connectivity index (χ4n) is 4.00. The topological polar surface area (TPSA) is 34.1 Å². The van der Waals surface area contributed by atoms with Crippen molar-refractivity contribution in [2.75, 3.05) is 0 Å². The van der Waals surface area contributed by atoms with Gasteiger partial charge in [0.15, 0.2) is 11.6 Å². The van der Waals surface area contributed by atoms with Gasteiger partial charge in [-0.15, -0.1) is 0 Å². The number of benzene rings is 2. The van der Waals surface area contributed by atoms with Crippen molar-refractivity contribution in [3.63, 3.8) is 0 Å². The zero-order valence-corrected chi connectivity index (χ0v) is 14.2. The Balaban J connectivity index is 1.80. The second-order valence-corrected chi connectivity index (χ2v) is 6.92. The molecule has 124 valence electrons. The van der Waals surface area contributed by atoms with Gasteiger partial charge >= 0.3 is 0 Å². The third kappa shape index (κ3) is 3.64. The normalized spacial score (nSPS) is 23.6. The van der Waals surface area contributed by atoms with Crippen molar-refractivity contribution in [3.05, 3.63) is 71.8 Å². The van der Waals surface area contributed by atoms with E-state index in [0.717, 1.165) is 30.4 Å². The molecule has 0 N–H and O–H groups in total. The Morgan fingerprint density at radius 1 is 0.875 bits per heavy atom. The Hall–Kier alpha value is -2.22. The maximum Gasteiger partial charge on any atom is 0.166 e. The molecule has 3 atom stereocenters. The van der Waals surface area contributed by atoms with Gasteiger partial charge in [-0.05, 0) is 24.7 Å². The summed E-state index contributed by atoms with van der Waals surface area (Å²) in [6.07, 6.45) is 3.61. The van der Waals surface area contributed by atoms with Crippen LogP contribution in [0.5, 0.6) is 0 Å². The van der Waals surface area contributed by atoms with Gasteiger partial charge in [-0.25, -0.2) is 0 Å². The van der Waals surface area contributed by atoms with E-state index in [9.17, 15) is 9.59 Å². The summed E-state index contributed by atoms with van der Waals surface area (Å²) in [5, 5.41) is 0. The number of hydrogen-bond donors (Lipinski definition) is 0. The van der Waals surface area contributed by atoms with Crippen molar-refractivity contribution >= 4 is 11.6 Å². The van der Waals surface area contributed by atoms with Gasteiger partial charge in [0.25, 0.3) is 0 Å². The van der Waals surface area contributed by atoms with E-state index in [4.69, 9.17) is 0 Å². The highest BCUT2D eigenvalue weighted by Gasteiger charge is 2.37. The predicted octanol–water partition coefficient (Wildman–Crippen LogP) is 5.19. The molecule has 1 aliphatic rings. The van der Waals surface area contributed by atoms with Crippen molar-refractivity contribution < 1.29 is 9.59 Å². The summed E-state index contributed by atoms with van der Waals surface area (Å²) in [7, 11) is 0. The summed E-state index contributed by atoms with van der Waals surface area (Å²) < 4.78 is 0. The minimum absolute atomic E-state index is 0.0474. The molecule has 1 fully saturated rings. The maximum absolute atomic E-state index is 13.0. The minimum Gasteiger partial charge on any atom is -0.294 e. The van der Waals surface area contributed by atoms with Crippen molar-refractivity contribution in [2.24, 2.45) is 17.8 Å². The van der Waals surface area contributed by atoms with Gasteiger partial charge in [0.05, 0.1) is 0 Å². The monoisotopic (exact) mass is 320 g/mol. The Kier molecular flexibility index (Phi) is 5.24. The highest BCUT2D eigenvalue weighted by Crippen LogP contribution is 2.39.